The van der Waals surface area contributed by atoms with Crippen LogP contribution in [-0.2, 0) is 16.2 Å². The molecule has 0 aromatic heterocycles. The minimum absolute atomic E-state index is 0.0439. The van der Waals surface area contributed by atoms with Gasteiger partial charge in [0.05, 0.1) is 10.7 Å². The summed E-state index contributed by atoms with van der Waals surface area (Å²) in [5, 5.41) is 2.75. The number of nitrogens with one attached hydrogen (secondary N) is 1. The van der Waals surface area contributed by atoms with Crippen molar-refractivity contribution in [1.82, 2.24) is 5.32 Å². The Kier molecular flexibility index (Phi) is 7.67. The number of halogens is 2. The van der Waals surface area contributed by atoms with Crippen molar-refractivity contribution in [3.8, 4) is 17.2 Å². The molecule has 1 saturated heterocycles. The third kappa shape index (κ3) is 5.82. The second kappa shape index (κ2) is 11.5. The molecular weight excluding hydrogens is 539 g/mol. The second-order valence-electron chi connectivity index (χ2n) is 8.39. The zero-order valence-electron chi connectivity index (χ0n) is 20.3. The minimum atomic E-state index is -0.641. The van der Waals surface area contributed by atoms with Gasteiger partial charge < -0.3 is 9.47 Å². The van der Waals surface area contributed by atoms with Crippen LogP contribution in [0.25, 0.3) is 6.08 Å². The average molecular weight is 559 g/mol. The standard InChI is InChI=1S/C30H20ClFN2O4S/c31-25-10-6-11-26(32)24(25)18-37-27-12-5-4-7-19(27)17-23-28(35)33-30(39)34(29(23)36)20-13-15-22(16-14-20)38-21-8-2-1-3-9-21/h1-17H,18H2,(H,33,35,39)/b23-17+. The molecule has 1 aliphatic rings. The van der Waals surface area contributed by atoms with E-state index >= 15 is 0 Å². The van der Waals surface area contributed by atoms with E-state index in [4.69, 9.17) is 33.3 Å². The molecule has 1 N–H and O–H groups in total. The fourth-order valence-electron chi connectivity index (χ4n) is 3.89. The number of hydrogen-bond donors (Lipinski definition) is 1. The van der Waals surface area contributed by atoms with Crippen LogP contribution in [0.2, 0.25) is 5.02 Å². The normalized spacial score (nSPS) is 14.4. The monoisotopic (exact) mass is 558 g/mol. The molecule has 5 rings (SSSR count). The van der Waals surface area contributed by atoms with Crippen LogP contribution in [0.3, 0.4) is 0 Å². The third-order valence-electron chi connectivity index (χ3n) is 5.83. The summed E-state index contributed by atoms with van der Waals surface area (Å²) >= 11 is 11.4. The maximum Gasteiger partial charge on any atom is 0.270 e. The van der Waals surface area contributed by atoms with Crippen LogP contribution in [0.5, 0.6) is 17.2 Å². The SMILES string of the molecule is O=C1NC(=S)N(c2ccc(Oc3ccccc3)cc2)C(=O)/C1=C/c1ccccc1OCc1c(F)cccc1Cl. The maximum atomic E-state index is 14.2. The Balaban J connectivity index is 1.39. The lowest BCUT2D eigenvalue weighted by atomic mass is 10.1. The molecule has 0 bridgehead atoms. The Morgan fingerprint density at radius 2 is 1.56 bits per heavy atom. The highest BCUT2D eigenvalue weighted by atomic mass is 35.5. The Labute approximate surface area is 234 Å². The summed E-state index contributed by atoms with van der Waals surface area (Å²) in [5.41, 5.74) is 0.954. The number of hydrogen-bond acceptors (Lipinski definition) is 5. The van der Waals surface area contributed by atoms with Gasteiger partial charge in [0, 0.05) is 11.1 Å². The first kappa shape index (κ1) is 26.1. The summed E-state index contributed by atoms with van der Waals surface area (Å²) < 4.78 is 25.8. The van der Waals surface area contributed by atoms with Crippen LogP contribution in [0.1, 0.15) is 11.1 Å². The number of rotatable bonds is 7. The first-order valence-corrected chi connectivity index (χ1v) is 12.6. The van der Waals surface area contributed by atoms with Gasteiger partial charge in [-0.15, -0.1) is 0 Å². The number of para-hydroxylation sites is 2. The summed E-state index contributed by atoms with van der Waals surface area (Å²) in [7, 11) is 0. The van der Waals surface area contributed by atoms with Gasteiger partial charge in [0.15, 0.2) is 5.11 Å². The van der Waals surface area contributed by atoms with E-state index < -0.39 is 17.6 Å². The second-order valence-corrected chi connectivity index (χ2v) is 9.19. The summed E-state index contributed by atoms with van der Waals surface area (Å²) in [6.45, 7) is -0.139. The van der Waals surface area contributed by atoms with Gasteiger partial charge in [-0.3, -0.25) is 19.8 Å². The highest BCUT2D eigenvalue weighted by molar-refractivity contribution is 7.80. The van der Waals surface area contributed by atoms with E-state index in [1.807, 2.05) is 30.3 Å². The molecule has 39 heavy (non-hydrogen) atoms. The maximum absolute atomic E-state index is 14.2. The summed E-state index contributed by atoms with van der Waals surface area (Å²) in [6, 6.07) is 27.2. The predicted molar refractivity (Wildman–Crippen MR) is 151 cm³/mol. The van der Waals surface area contributed by atoms with E-state index in [-0.39, 0.29) is 27.9 Å². The molecule has 4 aromatic rings. The van der Waals surface area contributed by atoms with Gasteiger partial charge in [-0.1, -0.05) is 54.1 Å². The summed E-state index contributed by atoms with van der Waals surface area (Å²) in [4.78, 5) is 27.5. The van der Waals surface area contributed by atoms with Gasteiger partial charge in [-0.25, -0.2) is 4.39 Å². The molecule has 0 unspecified atom stereocenters. The number of anilines is 1. The molecule has 2 amide bonds. The van der Waals surface area contributed by atoms with Crippen LogP contribution in [0, 0.1) is 5.82 Å². The van der Waals surface area contributed by atoms with Crippen molar-refractivity contribution in [3.05, 3.63) is 125 Å². The lowest BCUT2D eigenvalue weighted by Gasteiger charge is -2.29. The fraction of sp³-hybridized carbons (Fsp3) is 0.0333. The van der Waals surface area contributed by atoms with Crippen LogP contribution < -0.4 is 19.7 Å². The quantitative estimate of drug-likeness (QED) is 0.156. The van der Waals surface area contributed by atoms with Crippen LogP contribution in [-0.4, -0.2) is 16.9 Å². The van der Waals surface area contributed by atoms with Gasteiger partial charge in [0.25, 0.3) is 11.8 Å². The van der Waals surface area contributed by atoms with E-state index in [0.29, 0.717) is 28.5 Å². The molecule has 0 spiro atoms. The number of carbonyl (C=O) groups is 2. The number of carbonyl (C=O) groups excluding carboxylic acids is 2. The van der Waals surface area contributed by atoms with Gasteiger partial charge in [-0.2, -0.15) is 0 Å². The average Bonchev–Trinajstić information content (AvgIpc) is 2.93. The Morgan fingerprint density at radius 3 is 2.31 bits per heavy atom. The minimum Gasteiger partial charge on any atom is -0.488 e. The Bertz CT molecular complexity index is 1570. The largest absolute Gasteiger partial charge is 0.488 e. The molecule has 4 aromatic carbocycles. The fourth-order valence-corrected chi connectivity index (χ4v) is 4.39. The van der Waals surface area contributed by atoms with Crippen molar-refractivity contribution in [2.45, 2.75) is 6.61 Å². The van der Waals surface area contributed by atoms with Crippen molar-refractivity contribution in [3.63, 3.8) is 0 Å². The molecule has 0 saturated carbocycles. The highest BCUT2D eigenvalue weighted by Gasteiger charge is 2.34. The third-order valence-corrected chi connectivity index (χ3v) is 6.47. The number of nitrogens with zero attached hydrogens (tertiary/aromatic N) is 1. The van der Waals surface area contributed by atoms with Crippen molar-refractivity contribution < 1.29 is 23.5 Å². The van der Waals surface area contributed by atoms with Crippen LogP contribution >= 0.6 is 23.8 Å². The molecule has 0 radical (unpaired) electrons. The smallest absolute Gasteiger partial charge is 0.270 e. The Hall–Kier alpha value is -4.53. The van der Waals surface area contributed by atoms with Crippen molar-refractivity contribution in [2.24, 2.45) is 0 Å². The Morgan fingerprint density at radius 1 is 0.872 bits per heavy atom. The van der Waals surface area contributed by atoms with E-state index in [1.54, 1.807) is 54.6 Å². The zero-order valence-corrected chi connectivity index (χ0v) is 21.8. The molecule has 1 aliphatic heterocycles. The molecular formula is C30H20ClFN2O4S. The highest BCUT2D eigenvalue weighted by Crippen LogP contribution is 2.29. The molecule has 1 heterocycles. The van der Waals surface area contributed by atoms with E-state index in [0.717, 1.165) is 0 Å². The van der Waals surface area contributed by atoms with Gasteiger partial charge in [0.1, 0.15) is 35.2 Å². The number of benzene rings is 4. The van der Waals surface area contributed by atoms with Crippen molar-refractivity contribution in [1.29, 1.82) is 0 Å². The number of thiocarbonyl (C=S) groups is 1. The van der Waals surface area contributed by atoms with Gasteiger partial charge >= 0.3 is 0 Å². The predicted octanol–water partition coefficient (Wildman–Crippen LogP) is 6.68. The van der Waals surface area contributed by atoms with E-state index in [1.165, 1.54) is 23.1 Å². The number of amides is 2. The molecule has 0 atom stereocenters. The molecule has 6 nitrogen and oxygen atoms in total. The summed E-state index contributed by atoms with van der Waals surface area (Å²) in [6.07, 6.45) is 1.41. The van der Waals surface area contributed by atoms with Gasteiger partial charge in [0.2, 0.25) is 0 Å². The van der Waals surface area contributed by atoms with E-state index in [2.05, 4.69) is 5.32 Å². The van der Waals surface area contributed by atoms with E-state index in [9.17, 15) is 14.0 Å². The lowest BCUT2D eigenvalue weighted by Crippen LogP contribution is -2.54. The summed E-state index contributed by atoms with van der Waals surface area (Å²) in [5.74, 6) is -0.159. The van der Waals surface area contributed by atoms with Gasteiger partial charge in [-0.05, 0) is 72.9 Å². The number of ether oxygens (including phenoxy) is 2. The zero-order chi connectivity index (χ0) is 27.4. The molecule has 9 heteroatoms. The first-order valence-electron chi connectivity index (χ1n) is 11.8. The molecule has 1 fully saturated rings. The molecule has 194 valence electrons. The first-order chi connectivity index (χ1) is 18.9. The van der Waals surface area contributed by atoms with Crippen molar-refractivity contribution in [2.75, 3.05) is 4.90 Å². The molecule has 0 aliphatic carbocycles. The van der Waals surface area contributed by atoms with Crippen molar-refractivity contribution >= 4 is 52.5 Å². The van der Waals surface area contributed by atoms with Crippen LogP contribution in [0.15, 0.2) is 103 Å². The van der Waals surface area contributed by atoms with Crippen LogP contribution in [0.4, 0.5) is 10.1 Å². The topological polar surface area (TPSA) is 67.9 Å². The lowest BCUT2D eigenvalue weighted by molar-refractivity contribution is -0.122.